The van der Waals surface area contributed by atoms with Crippen LogP contribution in [0.15, 0.2) is 35.7 Å². The fourth-order valence-corrected chi connectivity index (χ4v) is 3.19. The Hall–Kier alpha value is -1.23. The maximum Gasteiger partial charge on any atom is 0.107 e. The third kappa shape index (κ3) is 3.03. The highest BCUT2D eigenvalue weighted by molar-refractivity contribution is 7.09. The number of aromatic nitrogens is 1. The molecule has 2 aromatic rings. The fourth-order valence-electron chi connectivity index (χ4n) is 2.47. The van der Waals surface area contributed by atoms with Crippen molar-refractivity contribution in [2.75, 3.05) is 6.61 Å². The number of nitrogens with zero attached hydrogens (tertiary/aromatic N) is 1. The summed E-state index contributed by atoms with van der Waals surface area (Å²) in [6.07, 6.45) is 1.23. The van der Waals surface area contributed by atoms with E-state index in [1.165, 1.54) is 5.56 Å². The lowest BCUT2D eigenvalue weighted by Crippen LogP contribution is -2.31. The predicted molar refractivity (Wildman–Crippen MR) is 77.2 cm³/mol. The Morgan fingerprint density at radius 3 is 2.95 bits per heavy atom. The molecule has 1 N–H and O–H groups in total. The van der Waals surface area contributed by atoms with Gasteiger partial charge >= 0.3 is 0 Å². The molecule has 2 heterocycles. The normalized spacial score (nSPS) is 22.8. The third-order valence-electron chi connectivity index (χ3n) is 3.40. The topological polar surface area (TPSA) is 34.1 Å². The second-order valence-corrected chi connectivity index (χ2v) is 5.80. The van der Waals surface area contributed by atoms with E-state index in [0.29, 0.717) is 6.04 Å². The molecule has 1 aromatic heterocycles. The van der Waals surface area contributed by atoms with Crippen molar-refractivity contribution >= 4 is 11.3 Å². The summed E-state index contributed by atoms with van der Waals surface area (Å²) in [5.74, 6) is 0. The molecule has 3 nitrogen and oxygen atoms in total. The molecule has 1 saturated heterocycles. The van der Waals surface area contributed by atoms with Crippen LogP contribution in [0.1, 0.15) is 28.8 Å². The SMILES string of the molecule is Cc1csc(CN[C@H]2CCO[C@H]2c2ccccc2)n1. The van der Waals surface area contributed by atoms with Crippen LogP contribution in [0.2, 0.25) is 0 Å². The average Bonchev–Trinajstić information content (AvgIpc) is 3.06. The molecule has 4 heteroatoms. The van der Waals surface area contributed by atoms with Gasteiger partial charge in [0.1, 0.15) is 5.01 Å². The molecule has 1 fully saturated rings. The zero-order valence-corrected chi connectivity index (χ0v) is 11.8. The molecule has 0 spiro atoms. The van der Waals surface area contributed by atoms with Crippen molar-refractivity contribution in [1.29, 1.82) is 0 Å². The van der Waals surface area contributed by atoms with Crippen LogP contribution in [0.25, 0.3) is 0 Å². The molecule has 0 unspecified atom stereocenters. The van der Waals surface area contributed by atoms with E-state index < -0.39 is 0 Å². The lowest BCUT2D eigenvalue weighted by Gasteiger charge is -2.19. The first kappa shape index (κ1) is 12.8. The number of ether oxygens (including phenoxy) is 1. The first-order valence-electron chi connectivity index (χ1n) is 6.64. The molecule has 1 aliphatic heterocycles. The summed E-state index contributed by atoms with van der Waals surface area (Å²) in [4.78, 5) is 4.48. The van der Waals surface area contributed by atoms with Gasteiger partial charge in [-0.05, 0) is 18.9 Å². The number of nitrogens with one attached hydrogen (secondary N) is 1. The molecule has 0 aliphatic carbocycles. The minimum atomic E-state index is 0.169. The molecule has 0 saturated carbocycles. The van der Waals surface area contributed by atoms with Gasteiger partial charge in [0.25, 0.3) is 0 Å². The largest absolute Gasteiger partial charge is 0.372 e. The van der Waals surface area contributed by atoms with Crippen molar-refractivity contribution < 1.29 is 4.74 Å². The summed E-state index contributed by atoms with van der Waals surface area (Å²) in [5.41, 5.74) is 2.36. The molecule has 2 atom stereocenters. The molecule has 1 aliphatic rings. The van der Waals surface area contributed by atoms with Gasteiger partial charge in [0.2, 0.25) is 0 Å². The number of hydrogen-bond donors (Lipinski definition) is 1. The Morgan fingerprint density at radius 1 is 1.37 bits per heavy atom. The summed E-state index contributed by atoms with van der Waals surface area (Å²) in [6, 6.07) is 10.8. The van der Waals surface area contributed by atoms with Gasteiger partial charge in [-0.25, -0.2) is 4.98 Å². The van der Waals surface area contributed by atoms with Gasteiger partial charge in [-0.3, -0.25) is 0 Å². The highest BCUT2D eigenvalue weighted by atomic mass is 32.1. The molecule has 3 rings (SSSR count). The maximum absolute atomic E-state index is 5.87. The first-order chi connectivity index (χ1) is 9.33. The maximum atomic E-state index is 5.87. The second kappa shape index (κ2) is 5.82. The average molecular weight is 274 g/mol. The second-order valence-electron chi connectivity index (χ2n) is 4.86. The van der Waals surface area contributed by atoms with Crippen molar-refractivity contribution in [3.63, 3.8) is 0 Å². The first-order valence-corrected chi connectivity index (χ1v) is 7.52. The van der Waals surface area contributed by atoms with E-state index in [-0.39, 0.29) is 6.10 Å². The quantitative estimate of drug-likeness (QED) is 0.930. The van der Waals surface area contributed by atoms with E-state index in [4.69, 9.17) is 4.74 Å². The van der Waals surface area contributed by atoms with Gasteiger partial charge in [0.05, 0.1) is 6.10 Å². The number of aryl methyl sites for hydroxylation is 1. The van der Waals surface area contributed by atoms with E-state index in [1.807, 2.05) is 13.0 Å². The number of hydrogen-bond acceptors (Lipinski definition) is 4. The van der Waals surface area contributed by atoms with E-state index in [1.54, 1.807) is 11.3 Å². The van der Waals surface area contributed by atoms with Crippen LogP contribution in [0.5, 0.6) is 0 Å². The van der Waals surface area contributed by atoms with Crippen molar-refractivity contribution in [1.82, 2.24) is 10.3 Å². The van der Waals surface area contributed by atoms with Crippen LogP contribution in [-0.2, 0) is 11.3 Å². The highest BCUT2D eigenvalue weighted by Crippen LogP contribution is 2.29. The van der Waals surface area contributed by atoms with Crippen molar-refractivity contribution in [3.05, 3.63) is 52.0 Å². The van der Waals surface area contributed by atoms with Crippen LogP contribution < -0.4 is 5.32 Å². The number of benzene rings is 1. The van der Waals surface area contributed by atoms with E-state index in [2.05, 4.69) is 39.9 Å². The molecule has 0 bridgehead atoms. The van der Waals surface area contributed by atoms with Gasteiger partial charge in [-0.2, -0.15) is 0 Å². The zero-order chi connectivity index (χ0) is 13.1. The lowest BCUT2D eigenvalue weighted by atomic mass is 10.0. The summed E-state index contributed by atoms with van der Waals surface area (Å²) < 4.78 is 5.87. The van der Waals surface area contributed by atoms with Gasteiger partial charge in [0.15, 0.2) is 0 Å². The van der Waals surface area contributed by atoms with E-state index in [9.17, 15) is 0 Å². The summed E-state index contributed by atoms with van der Waals surface area (Å²) in [6.45, 7) is 3.69. The molecule has 1 aromatic carbocycles. The van der Waals surface area contributed by atoms with Gasteiger partial charge in [0, 0.05) is 30.3 Å². The van der Waals surface area contributed by atoms with E-state index >= 15 is 0 Å². The lowest BCUT2D eigenvalue weighted by molar-refractivity contribution is 0.0985. The van der Waals surface area contributed by atoms with Crippen LogP contribution in [0.3, 0.4) is 0 Å². The third-order valence-corrected chi connectivity index (χ3v) is 4.37. The summed E-state index contributed by atoms with van der Waals surface area (Å²) in [5, 5.41) is 6.83. The number of thiazole rings is 1. The minimum absolute atomic E-state index is 0.169. The van der Waals surface area contributed by atoms with Crippen LogP contribution in [0, 0.1) is 6.92 Å². The van der Waals surface area contributed by atoms with Crippen molar-refractivity contribution in [2.45, 2.75) is 32.0 Å². The molecular weight excluding hydrogens is 256 g/mol. The Labute approximate surface area is 117 Å². The Balaban J connectivity index is 1.64. The molecule has 0 amide bonds. The Bertz CT molecular complexity index is 526. The molecule has 100 valence electrons. The van der Waals surface area contributed by atoms with Crippen LogP contribution in [-0.4, -0.2) is 17.6 Å². The van der Waals surface area contributed by atoms with Crippen molar-refractivity contribution in [3.8, 4) is 0 Å². The summed E-state index contributed by atoms with van der Waals surface area (Å²) >= 11 is 1.72. The molecular formula is C15H18N2OS. The standard InChI is InChI=1S/C15H18N2OS/c1-11-10-19-14(17-11)9-16-13-7-8-18-15(13)12-5-3-2-4-6-12/h2-6,10,13,15-16H,7-9H2,1H3/t13-,15-/m0/s1. The fraction of sp³-hybridized carbons (Fsp3) is 0.400. The molecule has 0 radical (unpaired) electrons. The van der Waals surface area contributed by atoms with Crippen molar-refractivity contribution in [2.24, 2.45) is 0 Å². The van der Waals surface area contributed by atoms with Crippen LogP contribution >= 0.6 is 11.3 Å². The zero-order valence-electron chi connectivity index (χ0n) is 11.0. The van der Waals surface area contributed by atoms with Gasteiger partial charge in [-0.1, -0.05) is 30.3 Å². The minimum Gasteiger partial charge on any atom is -0.372 e. The summed E-state index contributed by atoms with van der Waals surface area (Å²) in [7, 11) is 0. The van der Waals surface area contributed by atoms with E-state index in [0.717, 1.165) is 30.3 Å². The van der Waals surface area contributed by atoms with Gasteiger partial charge in [-0.15, -0.1) is 11.3 Å². The molecule has 19 heavy (non-hydrogen) atoms. The Kier molecular flexibility index (Phi) is 3.92. The smallest absolute Gasteiger partial charge is 0.107 e. The number of rotatable bonds is 4. The van der Waals surface area contributed by atoms with Gasteiger partial charge < -0.3 is 10.1 Å². The van der Waals surface area contributed by atoms with Crippen LogP contribution in [0.4, 0.5) is 0 Å². The highest BCUT2D eigenvalue weighted by Gasteiger charge is 2.29. The predicted octanol–water partition coefficient (Wildman–Crippen LogP) is 3.07. The Morgan fingerprint density at radius 2 is 2.21 bits per heavy atom. The monoisotopic (exact) mass is 274 g/mol.